The summed E-state index contributed by atoms with van der Waals surface area (Å²) < 4.78 is 5.23. The van der Waals surface area contributed by atoms with E-state index in [0.717, 1.165) is 12.8 Å². The summed E-state index contributed by atoms with van der Waals surface area (Å²) in [5.74, 6) is 0. The zero-order chi connectivity index (χ0) is 20.5. The van der Waals surface area contributed by atoms with Crippen molar-refractivity contribution in [1.29, 1.82) is 0 Å². The minimum absolute atomic E-state index is 0.362. The van der Waals surface area contributed by atoms with Gasteiger partial charge in [0.2, 0.25) is 0 Å². The van der Waals surface area contributed by atoms with Gasteiger partial charge in [-0.05, 0) is 27.2 Å². The lowest BCUT2D eigenvalue weighted by Gasteiger charge is -2.26. The first kappa shape index (κ1) is 26.2. The molecular formula is C22H45NO4. The molecule has 0 aliphatic heterocycles. The van der Waals surface area contributed by atoms with Crippen LogP contribution < -0.4 is 5.32 Å². The number of rotatable bonds is 16. The maximum absolute atomic E-state index is 11.9. The van der Waals surface area contributed by atoms with E-state index in [2.05, 4.69) is 12.2 Å². The molecule has 27 heavy (non-hydrogen) atoms. The molecule has 0 aromatic rings. The topological polar surface area (TPSA) is 78.8 Å². The van der Waals surface area contributed by atoms with Crippen LogP contribution in [0.3, 0.4) is 0 Å². The third-order valence-corrected chi connectivity index (χ3v) is 4.72. The van der Waals surface area contributed by atoms with Crippen molar-refractivity contribution in [2.75, 3.05) is 6.61 Å². The molecule has 1 amide bonds. The molecule has 0 bridgehead atoms. The number of aliphatic hydroxyl groups excluding tert-OH is 2. The molecule has 2 atom stereocenters. The number of aliphatic hydroxyl groups is 2. The summed E-state index contributed by atoms with van der Waals surface area (Å²) in [7, 11) is 0. The highest BCUT2D eigenvalue weighted by atomic mass is 16.6. The molecule has 5 nitrogen and oxygen atoms in total. The van der Waals surface area contributed by atoms with Gasteiger partial charge in [-0.2, -0.15) is 0 Å². The van der Waals surface area contributed by atoms with Crippen molar-refractivity contribution in [3.8, 4) is 0 Å². The Hall–Kier alpha value is -0.810. The number of carbonyl (C=O) groups excluding carboxylic acids is 1. The van der Waals surface area contributed by atoms with Gasteiger partial charge in [-0.3, -0.25) is 0 Å². The van der Waals surface area contributed by atoms with Crippen LogP contribution in [0.25, 0.3) is 0 Å². The number of hydrogen-bond donors (Lipinski definition) is 3. The molecule has 3 N–H and O–H groups in total. The van der Waals surface area contributed by atoms with Crippen molar-refractivity contribution >= 4 is 6.09 Å². The van der Waals surface area contributed by atoms with Gasteiger partial charge < -0.3 is 20.3 Å². The SMILES string of the molecule is CCCCCCCCCCCCCC[C@H](NC(=O)OC(C)(C)C)[C@H](O)CO. The predicted octanol–water partition coefficient (Wildman–Crippen LogP) is 5.32. The maximum atomic E-state index is 11.9. The lowest BCUT2D eigenvalue weighted by Crippen LogP contribution is -2.46. The molecule has 5 heteroatoms. The molecule has 0 heterocycles. The molecule has 0 fully saturated rings. The Balaban J connectivity index is 3.78. The average molecular weight is 388 g/mol. The molecule has 0 aromatic heterocycles. The van der Waals surface area contributed by atoms with Gasteiger partial charge in [0, 0.05) is 0 Å². The fourth-order valence-electron chi connectivity index (χ4n) is 3.15. The fourth-order valence-corrected chi connectivity index (χ4v) is 3.15. The molecular weight excluding hydrogens is 342 g/mol. The zero-order valence-corrected chi connectivity index (χ0v) is 18.3. The molecule has 0 saturated heterocycles. The smallest absolute Gasteiger partial charge is 0.407 e. The van der Waals surface area contributed by atoms with Gasteiger partial charge in [-0.25, -0.2) is 4.79 Å². The van der Waals surface area contributed by atoms with Crippen LogP contribution in [0.2, 0.25) is 0 Å². The highest BCUT2D eigenvalue weighted by molar-refractivity contribution is 5.68. The maximum Gasteiger partial charge on any atom is 0.407 e. The van der Waals surface area contributed by atoms with Crippen molar-refractivity contribution in [1.82, 2.24) is 5.32 Å². The molecule has 0 spiro atoms. The highest BCUT2D eigenvalue weighted by Gasteiger charge is 2.23. The predicted molar refractivity (Wildman–Crippen MR) is 112 cm³/mol. The van der Waals surface area contributed by atoms with E-state index < -0.39 is 23.8 Å². The molecule has 0 unspecified atom stereocenters. The van der Waals surface area contributed by atoms with Gasteiger partial charge in [-0.1, -0.05) is 84.0 Å². The lowest BCUT2D eigenvalue weighted by molar-refractivity contribution is 0.0302. The molecule has 0 aromatic carbocycles. The Morgan fingerprint density at radius 3 is 1.74 bits per heavy atom. The summed E-state index contributed by atoms with van der Waals surface area (Å²) >= 11 is 0. The zero-order valence-electron chi connectivity index (χ0n) is 18.3. The fraction of sp³-hybridized carbons (Fsp3) is 0.955. The molecule has 0 aliphatic rings. The van der Waals surface area contributed by atoms with Crippen molar-refractivity contribution < 1.29 is 19.7 Å². The number of amides is 1. The summed E-state index contributed by atoms with van der Waals surface area (Å²) in [5.41, 5.74) is -0.575. The van der Waals surface area contributed by atoms with Crippen molar-refractivity contribution in [3.63, 3.8) is 0 Å². The van der Waals surface area contributed by atoms with Crippen molar-refractivity contribution in [2.24, 2.45) is 0 Å². The summed E-state index contributed by atoms with van der Waals surface area (Å²) in [4.78, 5) is 11.9. The van der Waals surface area contributed by atoms with Crippen LogP contribution in [-0.2, 0) is 4.74 Å². The van der Waals surface area contributed by atoms with Crippen LogP contribution in [0, 0.1) is 0 Å². The average Bonchev–Trinajstić information content (AvgIpc) is 2.59. The summed E-state index contributed by atoms with van der Waals surface area (Å²) in [6.45, 7) is 7.29. The van der Waals surface area contributed by atoms with Crippen LogP contribution in [0.4, 0.5) is 4.79 Å². The minimum atomic E-state index is -0.953. The molecule has 0 aliphatic carbocycles. The van der Waals surface area contributed by atoms with Gasteiger partial charge >= 0.3 is 6.09 Å². The van der Waals surface area contributed by atoms with E-state index in [1.165, 1.54) is 64.2 Å². The van der Waals surface area contributed by atoms with Gasteiger partial charge in [0.25, 0.3) is 0 Å². The van der Waals surface area contributed by atoms with E-state index in [-0.39, 0.29) is 6.61 Å². The Morgan fingerprint density at radius 1 is 0.889 bits per heavy atom. The van der Waals surface area contributed by atoms with Crippen molar-refractivity contribution in [2.45, 2.75) is 129 Å². The normalized spacial score (nSPS) is 14.0. The number of ether oxygens (including phenoxy) is 1. The molecule has 0 radical (unpaired) electrons. The van der Waals surface area contributed by atoms with Crippen LogP contribution in [0.1, 0.15) is 111 Å². The lowest BCUT2D eigenvalue weighted by atomic mass is 10.0. The van der Waals surface area contributed by atoms with E-state index >= 15 is 0 Å². The van der Waals surface area contributed by atoms with Gasteiger partial charge in [0.1, 0.15) is 5.60 Å². The molecule has 162 valence electrons. The second-order valence-corrected chi connectivity index (χ2v) is 8.68. The summed E-state index contributed by atoms with van der Waals surface area (Å²) in [6.07, 6.45) is 14.4. The third kappa shape index (κ3) is 17.0. The Morgan fingerprint density at radius 2 is 1.33 bits per heavy atom. The van der Waals surface area contributed by atoms with Gasteiger partial charge in [0.15, 0.2) is 0 Å². The standard InChI is InChI=1S/C22H45NO4/c1-5-6-7-8-9-10-11-12-13-14-15-16-17-19(20(25)18-24)23-21(26)27-22(2,3)4/h19-20,24-25H,5-18H2,1-4H3,(H,23,26)/t19-,20+/m0/s1. The highest BCUT2D eigenvalue weighted by Crippen LogP contribution is 2.14. The first-order valence-electron chi connectivity index (χ1n) is 11.1. The Labute approximate surface area is 167 Å². The van der Waals surface area contributed by atoms with Crippen LogP contribution >= 0.6 is 0 Å². The monoisotopic (exact) mass is 387 g/mol. The van der Waals surface area contributed by atoms with E-state index in [4.69, 9.17) is 4.74 Å². The third-order valence-electron chi connectivity index (χ3n) is 4.72. The molecule has 0 rings (SSSR count). The van der Waals surface area contributed by atoms with Gasteiger partial charge in [0.05, 0.1) is 18.8 Å². The summed E-state index contributed by atoms with van der Waals surface area (Å²) in [5, 5.41) is 21.8. The minimum Gasteiger partial charge on any atom is -0.444 e. The first-order chi connectivity index (χ1) is 12.8. The summed E-state index contributed by atoms with van der Waals surface area (Å²) in [6, 6.07) is -0.465. The van der Waals surface area contributed by atoms with Crippen molar-refractivity contribution in [3.05, 3.63) is 0 Å². The van der Waals surface area contributed by atoms with Gasteiger partial charge in [-0.15, -0.1) is 0 Å². The van der Waals surface area contributed by atoms with Crippen LogP contribution in [0.15, 0.2) is 0 Å². The second-order valence-electron chi connectivity index (χ2n) is 8.68. The number of alkyl carbamates (subject to hydrolysis) is 1. The van der Waals surface area contributed by atoms with E-state index in [9.17, 15) is 15.0 Å². The first-order valence-corrected chi connectivity index (χ1v) is 11.1. The Kier molecular flexibility index (Phi) is 15.7. The number of nitrogens with one attached hydrogen (secondary N) is 1. The van der Waals surface area contributed by atoms with Crippen LogP contribution in [0.5, 0.6) is 0 Å². The largest absolute Gasteiger partial charge is 0.444 e. The number of carbonyl (C=O) groups is 1. The Bertz CT molecular complexity index is 355. The number of hydrogen-bond acceptors (Lipinski definition) is 4. The van der Waals surface area contributed by atoms with E-state index in [0.29, 0.717) is 6.42 Å². The van der Waals surface area contributed by atoms with E-state index in [1.54, 1.807) is 20.8 Å². The molecule has 0 saturated carbocycles. The quantitative estimate of drug-likeness (QED) is 0.313. The second kappa shape index (κ2) is 16.2. The van der Waals surface area contributed by atoms with E-state index in [1.807, 2.05) is 0 Å². The van der Waals surface area contributed by atoms with Crippen LogP contribution in [-0.4, -0.2) is 40.7 Å². The number of unbranched alkanes of at least 4 members (excludes halogenated alkanes) is 11.